The van der Waals surface area contributed by atoms with Crippen molar-refractivity contribution in [1.82, 2.24) is 10.3 Å². The molecule has 116 valence electrons. The summed E-state index contributed by atoms with van der Waals surface area (Å²) >= 11 is 6.15. The predicted molar refractivity (Wildman–Crippen MR) is 83.9 cm³/mol. The quantitative estimate of drug-likeness (QED) is 0.911. The second-order valence-corrected chi connectivity index (χ2v) is 6.68. The van der Waals surface area contributed by atoms with E-state index < -0.39 is 0 Å². The number of alkyl carbamates (subject to hydrolysis) is 1. The summed E-state index contributed by atoms with van der Waals surface area (Å²) in [6.07, 6.45) is 2.90. The molecule has 1 aromatic rings. The first kappa shape index (κ1) is 15.9. The number of carbonyl (C=O) groups excluding carboxylic acids is 1. The molecule has 2 heterocycles. The number of hydrogen-bond acceptors (Lipinski definition) is 4. The Morgan fingerprint density at radius 3 is 2.67 bits per heavy atom. The summed E-state index contributed by atoms with van der Waals surface area (Å²) in [5.74, 6) is 0.803. The molecule has 0 atom stereocenters. The molecule has 5 nitrogen and oxygen atoms in total. The Morgan fingerprint density at radius 1 is 1.43 bits per heavy atom. The Morgan fingerprint density at radius 2 is 2.10 bits per heavy atom. The van der Waals surface area contributed by atoms with Gasteiger partial charge in [-0.25, -0.2) is 9.78 Å². The largest absolute Gasteiger partial charge is 0.446 e. The van der Waals surface area contributed by atoms with E-state index in [2.05, 4.69) is 15.2 Å². The number of rotatable bonds is 2. The van der Waals surface area contributed by atoms with Crippen molar-refractivity contribution in [2.24, 2.45) is 0 Å². The fraction of sp³-hybridized carbons (Fsp3) is 0.600. The summed E-state index contributed by atoms with van der Waals surface area (Å²) in [6, 6.07) is 3.65. The van der Waals surface area contributed by atoms with Gasteiger partial charge in [-0.1, -0.05) is 11.6 Å². The van der Waals surface area contributed by atoms with E-state index in [1.807, 2.05) is 32.9 Å². The molecule has 1 fully saturated rings. The molecule has 0 bridgehead atoms. The van der Waals surface area contributed by atoms with Crippen LogP contribution in [0.1, 0.15) is 33.6 Å². The van der Waals surface area contributed by atoms with Gasteiger partial charge in [-0.05, 0) is 32.9 Å². The monoisotopic (exact) mass is 311 g/mol. The van der Waals surface area contributed by atoms with Gasteiger partial charge in [0.1, 0.15) is 11.9 Å². The number of hydrogen-bond donors (Lipinski definition) is 1. The minimum Gasteiger partial charge on any atom is -0.446 e. The van der Waals surface area contributed by atoms with Crippen molar-refractivity contribution in [2.45, 2.75) is 45.3 Å². The first-order valence-corrected chi connectivity index (χ1v) is 7.57. The van der Waals surface area contributed by atoms with Crippen LogP contribution < -0.4 is 10.2 Å². The summed E-state index contributed by atoms with van der Waals surface area (Å²) in [5.41, 5.74) is -0.279. The van der Waals surface area contributed by atoms with E-state index in [1.54, 1.807) is 6.20 Å². The van der Waals surface area contributed by atoms with Crippen LogP contribution in [-0.2, 0) is 4.74 Å². The van der Waals surface area contributed by atoms with Crippen LogP contribution in [0.25, 0.3) is 0 Å². The summed E-state index contributed by atoms with van der Waals surface area (Å²) in [4.78, 5) is 18.2. The number of amides is 1. The molecule has 1 saturated heterocycles. The molecular formula is C15H22ClN3O2. The van der Waals surface area contributed by atoms with Crippen molar-refractivity contribution >= 4 is 23.5 Å². The maximum atomic E-state index is 11.8. The van der Waals surface area contributed by atoms with Crippen molar-refractivity contribution < 1.29 is 9.53 Å². The number of nitrogens with zero attached hydrogens (tertiary/aromatic N) is 2. The highest BCUT2D eigenvalue weighted by Crippen LogP contribution is 2.26. The number of ether oxygens (including phenoxy) is 1. The smallest absolute Gasteiger partial charge is 0.407 e. The Hall–Kier alpha value is -1.49. The maximum Gasteiger partial charge on any atom is 0.407 e. The molecule has 6 heteroatoms. The average molecular weight is 312 g/mol. The number of pyridine rings is 1. The lowest BCUT2D eigenvalue weighted by Gasteiger charge is -2.33. The summed E-state index contributed by atoms with van der Waals surface area (Å²) in [6.45, 7) is 7.36. The van der Waals surface area contributed by atoms with E-state index >= 15 is 0 Å². The lowest BCUT2D eigenvalue weighted by atomic mass is 10.1. The Balaban J connectivity index is 1.84. The number of aromatic nitrogens is 1. The van der Waals surface area contributed by atoms with Gasteiger partial charge in [0.25, 0.3) is 0 Å². The Kier molecular flexibility index (Phi) is 4.93. The lowest BCUT2D eigenvalue weighted by molar-refractivity contribution is 0.0776. The summed E-state index contributed by atoms with van der Waals surface area (Å²) < 4.78 is 5.45. The second-order valence-electron chi connectivity index (χ2n) is 6.28. The molecule has 2 rings (SSSR count). The van der Waals surface area contributed by atoms with E-state index in [1.165, 1.54) is 0 Å². The zero-order chi connectivity index (χ0) is 15.5. The molecule has 0 aliphatic carbocycles. The van der Waals surface area contributed by atoms with Gasteiger partial charge in [0.2, 0.25) is 0 Å². The normalized spacial score (nSPS) is 16.7. The number of piperidine rings is 1. The van der Waals surface area contributed by atoms with Crippen molar-refractivity contribution in [3.05, 3.63) is 23.4 Å². The Labute approximate surface area is 130 Å². The van der Waals surface area contributed by atoms with Gasteiger partial charge in [0.15, 0.2) is 0 Å². The summed E-state index contributed by atoms with van der Waals surface area (Å²) in [7, 11) is 0. The van der Waals surface area contributed by atoms with Crippen LogP contribution in [-0.4, -0.2) is 35.8 Å². The minimum absolute atomic E-state index is 0.0499. The molecule has 0 aromatic carbocycles. The summed E-state index contributed by atoms with van der Waals surface area (Å²) in [5, 5.41) is 3.47. The topological polar surface area (TPSA) is 54.5 Å². The fourth-order valence-corrected chi connectivity index (χ4v) is 2.52. The van der Waals surface area contributed by atoms with Crippen molar-refractivity contribution in [3.8, 4) is 0 Å². The maximum absolute atomic E-state index is 11.8. The van der Waals surface area contributed by atoms with Crippen LogP contribution in [0.2, 0.25) is 5.02 Å². The van der Waals surface area contributed by atoms with Gasteiger partial charge in [0.05, 0.1) is 5.02 Å². The third-order valence-corrected chi connectivity index (χ3v) is 3.53. The van der Waals surface area contributed by atoms with Gasteiger partial charge >= 0.3 is 6.09 Å². The zero-order valence-corrected chi connectivity index (χ0v) is 13.5. The third kappa shape index (κ3) is 4.77. The van der Waals surface area contributed by atoms with Crippen LogP contribution in [0.3, 0.4) is 0 Å². The molecule has 0 unspecified atom stereocenters. The number of halogens is 1. The first-order valence-electron chi connectivity index (χ1n) is 7.19. The van der Waals surface area contributed by atoms with Crippen LogP contribution in [0.15, 0.2) is 18.3 Å². The zero-order valence-electron chi connectivity index (χ0n) is 12.7. The van der Waals surface area contributed by atoms with E-state index in [-0.39, 0.29) is 17.7 Å². The van der Waals surface area contributed by atoms with Crippen LogP contribution in [0.4, 0.5) is 10.6 Å². The van der Waals surface area contributed by atoms with Crippen LogP contribution in [0.5, 0.6) is 0 Å². The highest BCUT2D eigenvalue weighted by Gasteiger charge is 2.25. The second kappa shape index (κ2) is 6.52. The standard InChI is InChI=1S/C15H22ClN3O2/c1-15(2,3)18-14(20)21-11-6-9-19(10-7-11)13-12(16)5-4-8-17-13/h4-5,8,11H,6-7,9-10H2,1-3H3,(H,18,20). The highest BCUT2D eigenvalue weighted by molar-refractivity contribution is 6.32. The van der Waals surface area contributed by atoms with E-state index in [0.29, 0.717) is 5.02 Å². The molecule has 1 aromatic heterocycles. The number of anilines is 1. The van der Waals surface area contributed by atoms with Gasteiger partial charge < -0.3 is 15.0 Å². The molecule has 0 saturated carbocycles. The first-order chi connectivity index (χ1) is 9.85. The van der Waals surface area contributed by atoms with Gasteiger partial charge in [-0.15, -0.1) is 0 Å². The number of carbonyl (C=O) groups is 1. The molecule has 1 aliphatic rings. The fourth-order valence-electron chi connectivity index (χ4n) is 2.28. The average Bonchev–Trinajstić information content (AvgIpc) is 2.38. The minimum atomic E-state index is -0.350. The SMILES string of the molecule is CC(C)(C)NC(=O)OC1CCN(c2ncccc2Cl)CC1. The lowest BCUT2D eigenvalue weighted by Crippen LogP contribution is -2.44. The van der Waals surface area contributed by atoms with E-state index in [0.717, 1.165) is 31.7 Å². The molecule has 0 radical (unpaired) electrons. The van der Waals surface area contributed by atoms with Crippen molar-refractivity contribution in [1.29, 1.82) is 0 Å². The molecule has 1 N–H and O–H groups in total. The highest BCUT2D eigenvalue weighted by atomic mass is 35.5. The van der Waals surface area contributed by atoms with Gasteiger partial charge in [-0.3, -0.25) is 0 Å². The van der Waals surface area contributed by atoms with E-state index in [9.17, 15) is 4.79 Å². The molecule has 0 spiro atoms. The van der Waals surface area contributed by atoms with E-state index in [4.69, 9.17) is 16.3 Å². The molecule has 1 aliphatic heterocycles. The molecule has 1 amide bonds. The Bertz CT molecular complexity index is 494. The predicted octanol–water partition coefficient (Wildman–Crippen LogP) is 3.23. The van der Waals surface area contributed by atoms with Crippen LogP contribution in [0, 0.1) is 0 Å². The van der Waals surface area contributed by atoms with Gasteiger partial charge in [0, 0.05) is 37.7 Å². The molecule has 21 heavy (non-hydrogen) atoms. The number of nitrogens with one attached hydrogen (secondary N) is 1. The van der Waals surface area contributed by atoms with Crippen molar-refractivity contribution in [2.75, 3.05) is 18.0 Å². The third-order valence-electron chi connectivity index (χ3n) is 3.23. The van der Waals surface area contributed by atoms with Crippen molar-refractivity contribution in [3.63, 3.8) is 0 Å². The molecular weight excluding hydrogens is 290 g/mol. The van der Waals surface area contributed by atoms with Gasteiger partial charge in [-0.2, -0.15) is 0 Å². The van der Waals surface area contributed by atoms with Crippen LogP contribution >= 0.6 is 11.6 Å².